The average Bonchev–Trinajstić information content (AvgIpc) is 2.94. The number of hydrogen-bond acceptors (Lipinski definition) is 3. The topological polar surface area (TPSA) is 53.0 Å². The Hall–Kier alpha value is -0.576. The van der Waals surface area contributed by atoms with E-state index in [1.54, 1.807) is 6.92 Å². The number of hydrogen-bond donors (Lipinski definition) is 0. The predicted octanol–water partition coefficient (Wildman–Crippen LogP) is 3.48. The van der Waals surface area contributed by atoms with Gasteiger partial charge in [-0.15, -0.1) is 6.04 Å². The van der Waals surface area contributed by atoms with E-state index in [1.807, 2.05) is 13.1 Å². The van der Waals surface area contributed by atoms with Gasteiger partial charge in [0.1, 0.15) is 0 Å². The Kier molecular flexibility index (Phi) is 5.84. The second kappa shape index (κ2) is 6.73. The molecule has 1 radical (unpaired) electrons. The summed E-state index contributed by atoms with van der Waals surface area (Å²) in [5, 5.41) is 8.33. The van der Waals surface area contributed by atoms with Crippen molar-refractivity contribution in [2.45, 2.75) is 25.8 Å². The molecule has 1 aliphatic rings. The van der Waals surface area contributed by atoms with Crippen LogP contribution in [0.15, 0.2) is 22.7 Å². The third-order valence-electron chi connectivity index (χ3n) is 3.29. The van der Waals surface area contributed by atoms with Crippen LogP contribution in [0.1, 0.15) is 29.5 Å². The number of nitrogens with zero attached hydrogens (tertiary/aromatic N) is 3. The van der Waals surface area contributed by atoms with E-state index in [0.717, 1.165) is 18.4 Å². The molecule has 2 aromatic rings. The second-order valence-electron chi connectivity index (χ2n) is 4.36. The van der Waals surface area contributed by atoms with Gasteiger partial charge in [-0.05, 0) is 18.1 Å². The largest absolute Gasteiger partial charge is 0.658 e. The number of rotatable bonds is 2. The fourth-order valence-corrected chi connectivity index (χ4v) is 2.42. The Morgan fingerprint density at radius 2 is 2.16 bits per heavy atom. The van der Waals surface area contributed by atoms with Crippen LogP contribution in [0.3, 0.4) is 0 Å². The molecule has 0 spiro atoms. The van der Waals surface area contributed by atoms with E-state index < -0.39 is 0 Å². The SMILES string of the molecule is C[N-]C1CCc2cc(-c3noc(C)n3)ccc21.[CH3-].[Y]. The van der Waals surface area contributed by atoms with E-state index in [2.05, 4.69) is 27.6 Å². The van der Waals surface area contributed by atoms with Crippen molar-refractivity contribution in [2.75, 3.05) is 7.05 Å². The second-order valence-corrected chi connectivity index (χ2v) is 4.36. The van der Waals surface area contributed by atoms with Gasteiger partial charge in [0.15, 0.2) is 0 Å². The molecule has 0 N–H and O–H groups in total. The van der Waals surface area contributed by atoms with Crippen LogP contribution >= 0.6 is 0 Å². The molecule has 99 valence electrons. The van der Waals surface area contributed by atoms with Crippen LogP contribution in [0.5, 0.6) is 0 Å². The molecule has 0 saturated heterocycles. The van der Waals surface area contributed by atoms with E-state index in [9.17, 15) is 0 Å². The first-order valence-electron chi connectivity index (χ1n) is 5.80. The van der Waals surface area contributed by atoms with Crippen LogP contribution in [-0.2, 0) is 39.1 Å². The molecule has 0 saturated carbocycles. The van der Waals surface area contributed by atoms with Gasteiger partial charge < -0.3 is 17.3 Å². The Morgan fingerprint density at radius 3 is 2.79 bits per heavy atom. The van der Waals surface area contributed by atoms with Gasteiger partial charge in [0.2, 0.25) is 11.7 Å². The molecule has 3 rings (SSSR count). The van der Waals surface area contributed by atoms with Crippen LogP contribution in [0, 0.1) is 14.4 Å². The minimum absolute atomic E-state index is 0. The maximum atomic E-state index is 5.00. The smallest absolute Gasteiger partial charge is 0.223 e. The van der Waals surface area contributed by atoms with Crippen LogP contribution in [0.25, 0.3) is 16.7 Å². The zero-order valence-corrected chi connectivity index (χ0v) is 14.4. The van der Waals surface area contributed by atoms with Crippen LogP contribution in [-0.4, -0.2) is 17.2 Å². The summed E-state index contributed by atoms with van der Waals surface area (Å²) in [6, 6.07) is 6.71. The number of aryl methyl sites for hydroxylation is 2. The molecule has 0 fully saturated rings. The van der Waals surface area contributed by atoms with E-state index in [0.29, 0.717) is 17.8 Å². The molecule has 1 aromatic heterocycles. The summed E-state index contributed by atoms with van der Waals surface area (Å²) in [7, 11) is 1.89. The maximum Gasteiger partial charge on any atom is 0.223 e. The average molecular weight is 332 g/mol. The van der Waals surface area contributed by atoms with Gasteiger partial charge in [-0.1, -0.05) is 29.3 Å². The molecular formula is C14H17N3OY-2. The normalized spacial score (nSPS) is 16.4. The maximum absolute atomic E-state index is 5.00. The van der Waals surface area contributed by atoms with Gasteiger partial charge in [0.05, 0.1) is 0 Å². The molecule has 1 heterocycles. The van der Waals surface area contributed by atoms with Crippen LogP contribution < -0.4 is 0 Å². The van der Waals surface area contributed by atoms with Gasteiger partial charge in [0.25, 0.3) is 0 Å². The van der Waals surface area contributed by atoms with Crippen molar-refractivity contribution in [2.24, 2.45) is 0 Å². The number of benzene rings is 1. The summed E-state index contributed by atoms with van der Waals surface area (Å²) in [5.74, 6) is 1.27. The zero-order valence-electron chi connectivity index (χ0n) is 11.6. The standard InChI is InChI=1S/C13H14N3O.CH3.Y/c1-8-15-13(16-17-8)10-3-5-11-9(7-10)4-6-12(11)14-2;;/h3,5,7,12H,4,6H2,1-2H3;1H3;/q2*-1;. The molecule has 0 amide bonds. The van der Waals surface area contributed by atoms with E-state index in [-0.39, 0.29) is 40.1 Å². The third-order valence-corrected chi connectivity index (χ3v) is 3.29. The minimum atomic E-state index is 0. The van der Waals surface area contributed by atoms with Crippen LogP contribution in [0.2, 0.25) is 0 Å². The minimum Gasteiger partial charge on any atom is -0.658 e. The summed E-state index contributed by atoms with van der Waals surface area (Å²) < 4.78 is 5.00. The van der Waals surface area contributed by atoms with Gasteiger partial charge in [0, 0.05) is 45.2 Å². The molecular weight excluding hydrogens is 315 g/mol. The summed E-state index contributed by atoms with van der Waals surface area (Å²) in [5.41, 5.74) is 3.73. The van der Waals surface area contributed by atoms with Crippen LogP contribution in [0.4, 0.5) is 0 Å². The van der Waals surface area contributed by atoms with Gasteiger partial charge in [-0.3, -0.25) is 0 Å². The van der Waals surface area contributed by atoms with Crippen molar-refractivity contribution in [1.82, 2.24) is 10.1 Å². The van der Waals surface area contributed by atoms with E-state index in [4.69, 9.17) is 4.52 Å². The van der Waals surface area contributed by atoms with Crippen molar-refractivity contribution in [3.8, 4) is 11.4 Å². The Bertz CT molecular complexity index is 553. The first-order chi connectivity index (χ1) is 8.28. The zero-order chi connectivity index (χ0) is 11.8. The summed E-state index contributed by atoms with van der Waals surface area (Å²) in [4.78, 5) is 4.24. The monoisotopic (exact) mass is 332 g/mol. The van der Waals surface area contributed by atoms with Crippen molar-refractivity contribution >= 4 is 0 Å². The molecule has 1 aliphatic carbocycles. The Morgan fingerprint density at radius 1 is 1.37 bits per heavy atom. The summed E-state index contributed by atoms with van der Waals surface area (Å²) >= 11 is 0. The number of fused-ring (bicyclic) bond motifs is 1. The van der Waals surface area contributed by atoms with Crippen molar-refractivity contribution in [1.29, 1.82) is 0 Å². The molecule has 1 unspecified atom stereocenters. The summed E-state index contributed by atoms with van der Waals surface area (Å²) in [6.45, 7) is 1.80. The first-order valence-corrected chi connectivity index (χ1v) is 5.80. The third kappa shape index (κ3) is 3.12. The van der Waals surface area contributed by atoms with Gasteiger partial charge in [-0.25, -0.2) is 0 Å². The first kappa shape index (κ1) is 16.5. The van der Waals surface area contributed by atoms with Crippen molar-refractivity contribution in [3.05, 3.63) is 48.0 Å². The Labute approximate surface area is 139 Å². The Balaban J connectivity index is 0.000000902. The van der Waals surface area contributed by atoms with Gasteiger partial charge >= 0.3 is 0 Å². The molecule has 0 bridgehead atoms. The van der Waals surface area contributed by atoms with Crippen molar-refractivity contribution in [3.63, 3.8) is 0 Å². The van der Waals surface area contributed by atoms with Gasteiger partial charge in [-0.2, -0.15) is 12.0 Å². The summed E-state index contributed by atoms with van der Waals surface area (Å²) in [6.07, 6.45) is 2.20. The number of aromatic nitrogens is 2. The molecule has 1 atom stereocenters. The molecule has 4 nitrogen and oxygen atoms in total. The van der Waals surface area contributed by atoms with Crippen molar-refractivity contribution < 1.29 is 37.2 Å². The fourth-order valence-electron chi connectivity index (χ4n) is 2.42. The fraction of sp³-hybridized carbons (Fsp3) is 0.357. The van der Waals surface area contributed by atoms with E-state index in [1.165, 1.54) is 11.1 Å². The molecule has 5 heteroatoms. The molecule has 1 aromatic carbocycles. The molecule has 19 heavy (non-hydrogen) atoms. The quantitative estimate of drug-likeness (QED) is 0.791. The predicted molar refractivity (Wildman–Crippen MR) is 71.2 cm³/mol. The van der Waals surface area contributed by atoms with E-state index >= 15 is 0 Å². The molecule has 0 aliphatic heterocycles.